The van der Waals surface area contributed by atoms with E-state index in [9.17, 15) is 9.59 Å². The van der Waals surface area contributed by atoms with E-state index in [-0.39, 0.29) is 17.9 Å². The number of ether oxygens (including phenoxy) is 1. The molecule has 1 heterocycles. The second kappa shape index (κ2) is 6.65. The molecule has 2 aromatic carbocycles. The number of para-hydroxylation sites is 2. The van der Waals surface area contributed by atoms with E-state index in [2.05, 4.69) is 10.4 Å². The molecule has 0 aliphatic rings. The van der Waals surface area contributed by atoms with E-state index in [1.807, 2.05) is 48.5 Å². The Hall–Kier alpha value is -3.28. The summed E-state index contributed by atoms with van der Waals surface area (Å²) in [5, 5.41) is 5.19. The molecule has 0 aliphatic heterocycles. The molecule has 0 fully saturated rings. The van der Waals surface area contributed by atoms with Crippen molar-refractivity contribution >= 4 is 11.6 Å². The summed E-state index contributed by atoms with van der Waals surface area (Å²) in [6, 6.07) is 18.3. The third kappa shape index (κ3) is 3.68. The molecule has 0 radical (unpaired) electrons. The van der Waals surface area contributed by atoms with Crippen molar-refractivity contribution in [2.75, 3.05) is 11.9 Å². The summed E-state index contributed by atoms with van der Waals surface area (Å²) >= 11 is 0. The van der Waals surface area contributed by atoms with Crippen molar-refractivity contribution < 1.29 is 9.53 Å². The van der Waals surface area contributed by atoms with Gasteiger partial charge in [0.25, 0.3) is 11.5 Å². The number of H-pyrrole nitrogens is 1. The fraction of sp³-hybridized carbons (Fsp3) is 0.0588. The van der Waals surface area contributed by atoms with Crippen molar-refractivity contribution in [2.24, 2.45) is 0 Å². The fourth-order valence-electron chi connectivity index (χ4n) is 2.06. The van der Waals surface area contributed by atoms with Crippen molar-refractivity contribution in [1.82, 2.24) is 9.78 Å². The highest BCUT2D eigenvalue weighted by atomic mass is 16.5. The van der Waals surface area contributed by atoms with Gasteiger partial charge < -0.3 is 10.1 Å². The number of anilines is 1. The van der Waals surface area contributed by atoms with Crippen molar-refractivity contribution in [2.45, 2.75) is 0 Å². The summed E-state index contributed by atoms with van der Waals surface area (Å²) in [6.07, 6.45) is 1.54. The maximum atomic E-state index is 11.9. The number of nitrogens with one attached hydrogen (secondary N) is 2. The molecule has 2 N–H and O–H groups in total. The molecule has 0 spiro atoms. The van der Waals surface area contributed by atoms with E-state index in [1.54, 1.807) is 16.8 Å². The predicted octanol–water partition coefficient (Wildman–Crippen LogP) is 2.18. The van der Waals surface area contributed by atoms with Crippen LogP contribution in [0.5, 0.6) is 5.75 Å². The van der Waals surface area contributed by atoms with E-state index in [1.165, 1.54) is 6.20 Å². The highest BCUT2D eigenvalue weighted by molar-refractivity contribution is 5.91. The standard InChI is InChI=1S/C17H15N3O3/c21-16(12-23-14-9-5-2-6-10-14)18-15-11-20(19-17(15)22)13-7-3-1-4-8-13/h1-11H,12H2,(H,18,21)(H,19,22). The second-order valence-electron chi connectivity index (χ2n) is 4.84. The third-order valence-electron chi connectivity index (χ3n) is 3.15. The van der Waals surface area contributed by atoms with Gasteiger partial charge in [0, 0.05) is 0 Å². The Kier molecular flexibility index (Phi) is 4.24. The van der Waals surface area contributed by atoms with Gasteiger partial charge >= 0.3 is 0 Å². The normalized spacial score (nSPS) is 10.3. The van der Waals surface area contributed by atoms with Crippen molar-refractivity contribution in [3.05, 3.63) is 77.2 Å². The zero-order valence-corrected chi connectivity index (χ0v) is 12.2. The highest BCUT2D eigenvalue weighted by Gasteiger charge is 2.10. The van der Waals surface area contributed by atoms with Crippen LogP contribution in [0.25, 0.3) is 5.69 Å². The first-order chi connectivity index (χ1) is 11.2. The molecule has 0 saturated carbocycles. The van der Waals surface area contributed by atoms with Gasteiger partial charge in [-0.1, -0.05) is 36.4 Å². The van der Waals surface area contributed by atoms with Crippen LogP contribution in [0.2, 0.25) is 0 Å². The van der Waals surface area contributed by atoms with Gasteiger partial charge in [0.2, 0.25) is 0 Å². The van der Waals surface area contributed by atoms with Crippen molar-refractivity contribution in [3.8, 4) is 11.4 Å². The Balaban J connectivity index is 1.65. The largest absolute Gasteiger partial charge is 0.484 e. The van der Waals surface area contributed by atoms with E-state index in [0.717, 1.165) is 5.69 Å². The lowest BCUT2D eigenvalue weighted by molar-refractivity contribution is -0.118. The van der Waals surface area contributed by atoms with Crippen molar-refractivity contribution in [3.63, 3.8) is 0 Å². The van der Waals surface area contributed by atoms with Crippen LogP contribution in [0.3, 0.4) is 0 Å². The number of carbonyl (C=O) groups is 1. The number of rotatable bonds is 5. The van der Waals surface area contributed by atoms with Crippen LogP contribution < -0.4 is 15.6 Å². The Morgan fingerprint density at radius 2 is 1.70 bits per heavy atom. The minimum absolute atomic E-state index is 0.167. The monoisotopic (exact) mass is 309 g/mol. The van der Waals surface area contributed by atoms with Crippen LogP contribution in [0, 0.1) is 0 Å². The molecule has 6 heteroatoms. The Bertz CT molecular complexity index is 838. The SMILES string of the molecule is O=C(COc1ccccc1)Nc1cn(-c2ccccc2)[nH]c1=O. The van der Waals surface area contributed by atoms with Gasteiger partial charge in [-0.25, -0.2) is 0 Å². The molecule has 1 aromatic heterocycles. The van der Waals surface area contributed by atoms with Gasteiger partial charge in [-0.2, -0.15) is 0 Å². The summed E-state index contributed by atoms with van der Waals surface area (Å²) in [4.78, 5) is 23.8. The number of nitrogens with zero attached hydrogens (tertiary/aromatic N) is 1. The number of carbonyl (C=O) groups excluding carboxylic acids is 1. The predicted molar refractivity (Wildman–Crippen MR) is 87.0 cm³/mol. The number of hydrogen-bond donors (Lipinski definition) is 2. The lowest BCUT2D eigenvalue weighted by Crippen LogP contribution is -2.22. The third-order valence-corrected chi connectivity index (χ3v) is 3.15. The smallest absolute Gasteiger partial charge is 0.288 e. The number of aromatic nitrogens is 2. The van der Waals surface area contributed by atoms with Gasteiger partial charge in [0.1, 0.15) is 11.4 Å². The maximum absolute atomic E-state index is 11.9. The molecular formula is C17H15N3O3. The zero-order valence-electron chi connectivity index (χ0n) is 12.2. The molecule has 0 aliphatic carbocycles. The van der Waals surface area contributed by atoms with E-state index < -0.39 is 5.91 Å². The minimum atomic E-state index is -0.398. The average Bonchev–Trinajstić information content (AvgIpc) is 2.95. The number of aromatic amines is 1. The zero-order chi connectivity index (χ0) is 16.1. The number of benzene rings is 2. The second-order valence-corrected chi connectivity index (χ2v) is 4.84. The summed E-state index contributed by atoms with van der Waals surface area (Å²) < 4.78 is 6.89. The molecular weight excluding hydrogens is 294 g/mol. The Morgan fingerprint density at radius 3 is 2.39 bits per heavy atom. The van der Waals surface area contributed by atoms with Gasteiger partial charge in [-0.3, -0.25) is 19.4 Å². The minimum Gasteiger partial charge on any atom is -0.484 e. The quantitative estimate of drug-likeness (QED) is 0.758. The first kappa shape index (κ1) is 14.6. The first-order valence-electron chi connectivity index (χ1n) is 7.07. The molecule has 3 aromatic rings. The maximum Gasteiger partial charge on any atom is 0.288 e. The number of hydrogen-bond acceptors (Lipinski definition) is 3. The van der Waals surface area contributed by atoms with E-state index in [0.29, 0.717) is 5.75 Å². The van der Waals surface area contributed by atoms with Crippen LogP contribution in [-0.2, 0) is 4.79 Å². The van der Waals surface area contributed by atoms with Crippen LogP contribution >= 0.6 is 0 Å². The fourth-order valence-corrected chi connectivity index (χ4v) is 2.06. The van der Waals surface area contributed by atoms with Gasteiger partial charge in [0.15, 0.2) is 6.61 Å². The first-order valence-corrected chi connectivity index (χ1v) is 7.07. The molecule has 0 unspecified atom stereocenters. The van der Waals surface area contributed by atoms with E-state index in [4.69, 9.17) is 4.74 Å². The molecule has 0 saturated heterocycles. The van der Waals surface area contributed by atoms with Gasteiger partial charge in [-0.15, -0.1) is 0 Å². The molecule has 3 rings (SSSR count). The van der Waals surface area contributed by atoms with E-state index >= 15 is 0 Å². The van der Waals surface area contributed by atoms with Crippen molar-refractivity contribution in [1.29, 1.82) is 0 Å². The summed E-state index contributed by atoms with van der Waals surface area (Å²) in [6.45, 7) is -0.167. The summed E-state index contributed by atoms with van der Waals surface area (Å²) in [5.74, 6) is 0.198. The molecule has 23 heavy (non-hydrogen) atoms. The van der Waals surface area contributed by atoms with Crippen LogP contribution in [0.1, 0.15) is 0 Å². The molecule has 0 bridgehead atoms. The Labute approximate surface area is 132 Å². The lowest BCUT2D eigenvalue weighted by Gasteiger charge is -2.05. The molecule has 116 valence electrons. The Morgan fingerprint density at radius 1 is 1.04 bits per heavy atom. The molecule has 1 amide bonds. The number of amides is 1. The van der Waals surface area contributed by atoms with Gasteiger partial charge in [0.05, 0.1) is 11.9 Å². The molecule has 0 atom stereocenters. The lowest BCUT2D eigenvalue weighted by atomic mass is 10.3. The van der Waals surface area contributed by atoms with Gasteiger partial charge in [-0.05, 0) is 24.3 Å². The summed E-state index contributed by atoms with van der Waals surface area (Å²) in [7, 11) is 0. The molecule has 6 nitrogen and oxygen atoms in total. The topological polar surface area (TPSA) is 76.1 Å². The van der Waals surface area contributed by atoms with Crippen LogP contribution in [-0.4, -0.2) is 22.3 Å². The van der Waals surface area contributed by atoms with Crippen LogP contribution in [0.15, 0.2) is 71.7 Å². The summed E-state index contributed by atoms with van der Waals surface area (Å²) in [5.41, 5.74) is 0.600. The van der Waals surface area contributed by atoms with Crippen LogP contribution in [0.4, 0.5) is 5.69 Å². The average molecular weight is 309 g/mol. The highest BCUT2D eigenvalue weighted by Crippen LogP contribution is 2.09.